The molecule has 1 atom stereocenters. The van der Waals surface area contributed by atoms with Crippen LogP contribution in [0.25, 0.3) is 56.1 Å². The molecule has 0 amide bonds. The fourth-order valence-electron chi connectivity index (χ4n) is 13.1. The molecule has 0 N–H and O–H groups in total. The number of rotatable bonds is 35. The number of aromatic nitrogens is 8. The third-order valence-corrected chi connectivity index (χ3v) is 27.0. The first-order chi connectivity index (χ1) is 51.9. The Balaban J connectivity index is 0.000000251. The predicted octanol–water partition coefficient (Wildman–Crippen LogP) is 18.3. The van der Waals surface area contributed by atoms with Gasteiger partial charge in [0.1, 0.15) is 32.7 Å². The van der Waals surface area contributed by atoms with Crippen LogP contribution in [0.2, 0.25) is 103 Å². The quantitative estimate of drug-likeness (QED) is 0.00683. The second kappa shape index (κ2) is 39.5. The molecule has 1 unspecified atom stereocenters. The number of anilines is 2. The van der Waals surface area contributed by atoms with Crippen molar-refractivity contribution in [2.75, 3.05) is 76.4 Å². The molecule has 2 fully saturated rings. The van der Waals surface area contributed by atoms with Crippen LogP contribution in [0.4, 0.5) is 11.6 Å². The summed E-state index contributed by atoms with van der Waals surface area (Å²) < 4.78 is 51.5. The van der Waals surface area contributed by atoms with Crippen LogP contribution in [0, 0.1) is 5.92 Å². The van der Waals surface area contributed by atoms with Gasteiger partial charge in [-0.2, -0.15) is 19.2 Å². The van der Waals surface area contributed by atoms with Gasteiger partial charge in [0, 0.05) is 148 Å². The van der Waals surface area contributed by atoms with E-state index in [1.54, 1.807) is 13.8 Å². The van der Waals surface area contributed by atoms with Crippen LogP contribution in [-0.2, 0) is 57.1 Å². The van der Waals surface area contributed by atoms with Gasteiger partial charge in [0.05, 0.1) is 47.2 Å². The molecular weight excluding hydrogens is 1510 g/mol. The molecule has 0 aliphatic heterocycles. The van der Waals surface area contributed by atoms with Crippen LogP contribution < -0.4 is 9.80 Å². The Morgan fingerprint density at radius 2 is 0.982 bits per heavy atom. The average molecular weight is 1630 g/mol. The summed E-state index contributed by atoms with van der Waals surface area (Å²) >= 11 is 4.01. The number of pyridine rings is 2. The molecule has 0 bridgehead atoms. The van der Waals surface area contributed by atoms with Crippen molar-refractivity contribution in [2.24, 2.45) is 5.92 Å². The first kappa shape index (κ1) is 85.4. The lowest BCUT2D eigenvalue weighted by molar-refractivity contribution is -0.171. The maximum absolute atomic E-state index is 12.8. The van der Waals surface area contributed by atoms with Crippen molar-refractivity contribution in [2.45, 2.75) is 200 Å². The molecule has 8 aromatic rings. The van der Waals surface area contributed by atoms with E-state index < -0.39 is 62.3 Å². The van der Waals surface area contributed by atoms with Crippen LogP contribution in [-0.4, -0.2) is 168 Å². The largest absolute Gasteiger partial charge is 0.463 e. The summed E-state index contributed by atoms with van der Waals surface area (Å²) in [5.41, 5.74) is 11.5. The van der Waals surface area contributed by atoms with Gasteiger partial charge in [0.2, 0.25) is 11.9 Å². The predicted molar refractivity (Wildman–Crippen MR) is 445 cm³/mol. The fourth-order valence-corrected chi connectivity index (χ4v) is 16.9. The molecule has 0 radical (unpaired) electrons. The Morgan fingerprint density at radius 1 is 0.523 bits per heavy atom. The molecule has 109 heavy (non-hydrogen) atoms. The van der Waals surface area contributed by atoms with Gasteiger partial charge in [-0.1, -0.05) is 151 Å². The molecule has 6 heterocycles. The smallest absolute Gasteiger partial charge is 0.374 e. The molecule has 0 saturated heterocycles. The van der Waals surface area contributed by atoms with E-state index in [2.05, 4.69) is 135 Å². The minimum Gasteiger partial charge on any atom is -0.463 e. The van der Waals surface area contributed by atoms with Gasteiger partial charge in [-0.15, -0.1) is 0 Å². The minimum atomic E-state index is -1.32. The van der Waals surface area contributed by atoms with E-state index in [9.17, 15) is 19.2 Å². The van der Waals surface area contributed by atoms with Crippen LogP contribution in [0.1, 0.15) is 102 Å². The first-order valence-corrected chi connectivity index (χ1v) is 54.2. The first-order valence-electron chi connectivity index (χ1n) is 38.6. The Kier molecular flexibility index (Phi) is 31.0. The third-order valence-electron chi connectivity index (χ3n) is 19.4. The number of esters is 4. The highest BCUT2D eigenvalue weighted by atomic mass is 79.9. The maximum atomic E-state index is 12.8. The number of carbonyl (C=O) groups excluding carboxylic acids is 4. The SMILES string of the molecule is CCOC(=O)C(OC(C)=O)=C1CCC(c2nc3c(-c4ccc(-c5ccccc5)nc4)cnn3c(N(COCC[Si](C)(C)C)COCC[Si](C)(C)C)c2Br)CC1.CCOC(=O)C(OC(C)=O)C1CCC(c2cc(N(COCC[Si](C)(C)C)COCC[Si](C)(C)C)n3ncc(-c4ccc(-c5ccccc5)nc4)c3n2)CC1. The van der Waals surface area contributed by atoms with E-state index in [1.165, 1.54) is 13.8 Å². The number of benzene rings is 2. The van der Waals surface area contributed by atoms with Crippen molar-refractivity contribution >= 4 is 95.0 Å². The lowest BCUT2D eigenvalue weighted by Crippen LogP contribution is -2.37. The van der Waals surface area contributed by atoms with Crippen molar-refractivity contribution in [1.29, 1.82) is 0 Å². The second-order valence-electron chi connectivity index (χ2n) is 33.2. The molecule has 22 nitrogen and oxygen atoms in total. The van der Waals surface area contributed by atoms with Gasteiger partial charge in [0.25, 0.3) is 0 Å². The van der Waals surface area contributed by atoms with E-state index in [-0.39, 0.29) is 36.7 Å². The normalized spacial score (nSPS) is 15.9. The van der Waals surface area contributed by atoms with Crippen molar-refractivity contribution in [3.8, 4) is 44.8 Å². The van der Waals surface area contributed by atoms with Crippen LogP contribution in [0.3, 0.4) is 0 Å². The van der Waals surface area contributed by atoms with E-state index in [0.29, 0.717) is 97.5 Å². The zero-order chi connectivity index (χ0) is 78.6. The zero-order valence-electron chi connectivity index (χ0n) is 67.1. The second-order valence-corrected chi connectivity index (χ2v) is 56.5. The lowest BCUT2D eigenvalue weighted by atomic mass is 9.78. The van der Waals surface area contributed by atoms with Gasteiger partial charge >= 0.3 is 23.9 Å². The summed E-state index contributed by atoms with van der Waals surface area (Å²) in [7, 11) is -5.21. The molecular formula is C82H115BrN10O12Si4. The fraction of sp³-hybridized carbons (Fsp3) is 0.512. The highest BCUT2D eigenvalue weighted by Crippen LogP contribution is 2.45. The van der Waals surface area contributed by atoms with Gasteiger partial charge < -0.3 is 47.7 Å². The monoisotopic (exact) mass is 1620 g/mol. The molecule has 2 aromatic carbocycles. The summed E-state index contributed by atoms with van der Waals surface area (Å²) in [5.74, 6) is -0.420. The Bertz CT molecular complexity index is 4270. The van der Waals surface area contributed by atoms with E-state index in [4.69, 9.17) is 68.0 Å². The highest BCUT2D eigenvalue weighted by molar-refractivity contribution is 9.10. The number of hydrogen-bond acceptors (Lipinski definition) is 20. The zero-order valence-corrected chi connectivity index (χ0v) is 72.7. The number of nitrogens with zero attached hydrogens (tertiary/aromatic N) is 10. The summed E-state index contributed by atoms with van der Waals surface area (Å²) in [6, 6.07) is 34.8. The minimum absolute atomic E-state index is 0.0117. The molecule has 27 heteroatoms. The lowest BCUT2D eigenvalue weighted by Gasteiger charge is -2.32. The Hall–Kier alpha value is -7.61. The van der Waals surface area contributed by atoms with Crippen LogP contribution in [0.15, 0.2) is 132 Å². The highest BCUT2D eigenvalue weighted by Gasteiger charge is 2.38. The number of ether oxygens (including phenoxy) is 8. The average Bonchev–Trinajstić information content (AvgIpc) is 1.69. The Labute approximate surface area is 656 Å². The van der Waals surface area contributed by atoms with E-state index in [0.717, 1.165) is 121 Å². The number of halogens is 1. The van der Waals surface area contributed by atoms with Gasteiger partial charge in [-0.3, -0.25) is 19.6 Å². The van der Waals surface area contributed by atoms with E-state index >= 15 is 0 Å². The van der Waals surface area contributed by atoms with Crippen molar-refractivity contribution in [1.82, 2.24) is 39.2 Å². The van der Waals surface area contributed by atoms with Crippen molar-refractivity contribution in [3.05, 3.63) is 143 Å². The molecule has 2 saturated carbocycles. The van der Waals surface area contributed by atoms with Crippen molar-refractivity contribution < 1.29 is 57.1 Å². The summed E-state index contributed by atoms with van der Waals surface area (Å²) in [4.78, 5) is 74.0. The molecule has 10 rings (SSSR count). The summed E-state index contributed by atoms with van der Waals surface area (Å²) in [6.45, 7) is 38.8. The molecule has 2 aliphatic rings. The van der Waals surface area contributed by atoms with Crippen molar-refractivity contribution in [3.63, 3.8) is 0 Å². The van der Waals surface area contributed by atoms with Gasteiger partial charge in [0.15, 0.2) is 17.1 Å². The molecule has 2 aliphatic carbocycles. The van der Waals surface area contributed by atoms with Gasteiger partial charge in [-0.05, 0) is 123 Å². The van der Waals surface area contributed by atoms with E-state index in [1.807, 2.05) is 94.5 Å². The molecule has 0 spiro atoms. The standard InChI is InChI=1S/C41H56BrN5O6Si2.C41H59N5O6Si2/c1-9-52-41(49)38(53-29(2)48)32-17-15-31(16-18-32)37-36(42)40(46(27-50-21-23-54(3,4)5)28-51-22-24-55(6,7)8)47-39(45-37)34(26-44-47)33-19-20-35(43-25-33)30-13-11-10-12-14-30;1-9-51-41(48)39(52-30(2)47)33-17-15-32(16-18-33)37-25-38(45(28-49-21-23-53(3,4)5)29-50-22-24-54(6,7)8)46-40(44-37)35(27-43-46)34-19-20-36(42-26-34)31-13-11-10-12-14-31/h10-14,19-20,25-26,31H,9,15-18,21-24,27-28H2,1-8H3;10-14,19-20,25-27,32-33,39H,9,15-18,21-24,28-29H2,1-8H3. The summed E-state index contributed by atoms with van der Waals surface area (Å²) in [5, 5.41) is 9.83. The molecule has 6 aromatic heterocycles. The summed E-state index contributed by atoms with van der Waals surface area (Å²) in [6.07, 6.45) is 12.0. The number of hydrogen-bond donors (Lipinski definition) is 0. The Morgan fingerprint density at radius 3 is 1.41 bits per heavy atom. The molecule has 588 valence electrons. The number of fused-ring (bicyclic) bond motifs is 2. The van der Waals surface area contributed by atoms with Crippen LogP contribution >= 0.6 is 15.9 Å². The number of allylic oxidation sites excluding steroid dienone is 1. The maximum Gasteiger partial charge on any atom is 0.374 e. The number of carbonyl (C=O) groups is 4. The van der Waals surface area contributed by atoms with Gasteiger partial charge in [-0.25, -0.2) is 19.6 Å². The van der Waals surface area contributed by atoms with Crippen LogP contribution in [0.5, 0.6) is 0 Å². The third kappa shape index (κ3) is 25.2. The topological polar surface area (TPSA) is 235 Å².